The van der Waals surface area contributed by atoms with Crippen molar-refractivity contribution in [1.29, 1.82) is 0 Å². The van der Waals surface area contributed by atoms with Gasteiger partial charge < -0.3 is 20.1 Å². The summed E-state index contributed by atoms with van der Waals surface area (Å²) in [6, 6.07) is 7.98. The number of hydrogen-bond acceptors (Lipinski definition) is 6. The van der Waals surface area contributed by atoms with Gasteiger partial charge >= 0.3 is 6.09 Å². The third-order valence-corrected chi connectivity index (χ3v) is 5.64. The summed E-state index contributed by atoms with van der Waals surface area (Å²) in [6.07, 6.45) is 4.69. The molecule has 0 radical (unpaired) electrons. The van der Waals surface area contributed by atoms with Crippen LogP contribution in [0.1, 0.15) is 24.1 Å². The number of carbonyl (C=O) groups excluding carboxylic acids is 1. The fourth-order valence-corrected chi connectivity index (χ4v) is 4.11. The van der Waals surface area contributed by atoms with Crippen molar-refractivity contribution in [2.24, 2.45) is 11.1 Å². The highest BCUT2D eigenvalue weighted by atomic mass is 32.1. The highest BCUT2D eigenvalue weighted by Gasteiger charge is 2.38. The van der Waals surface area contributed by atoms with E-state index in [4.69, 9.17) is 15.2 Å². The molecule has 1 heterocycles. The lowest BCUT2D eigenvalue weighted by Crippen LogP contribution is -2.44. The summed E-state index contributed by atoms with van der Waals surface area (Å²) >= 11 is 1.48. The lowest BCUT2D eigenvalue weighted by atomic mass is 9.69. The van der Waals surface area contributed by atoms with E-state index in [2.05, 4.69) is 24.0 Å². The zero-order chi connectivity index (χ0) is 18.6. The van der Waals surface area contributed by atoms with E-state index in [0.717, 1.165) is 34.3 Å². The topological polar surface area (TPSA) is 77.7 Å². The molecule has 6 nitrogen and oxygen atoms in total. The normalized spacial score (nSPS) is 15.5. The second kappa shape index (κ2) is 8.05. The SMILES string of the molecule is CN(C)CC1(COc2ccc(-c3ncc(COC(N)=O)s3)cc2)CCC1. The largest absolute Gasteiger partial charge is 0.493 e. The van der Waals surface area contributed by atoms with Gasteiger partial charge in [0.1, 0.15) is 17.4 Å². The Morgan fingerprint density at radius 1 is 1.31 bits per heavy atom. The molecule has 140 valence electrons. The van der Waals surface area contributed by atoms with Crippen LogP contribution in [0.25, 0.3) is 10.6 Å². The van der Waals surface area contributed by atoms with Crippen LogP contribution in [0, 0.1) is 5.41 Å². The first-order valence-corrected chi connectivity index (χ1v) is 9.52. The Bertz CT molecular complexity index is 739. The number of rotatable bonds is 8. The molecule has 1 amide bonds. The minimum absolute atomic E-state index is 0.155. The zero-order valence-electron chi connectivity index (χ0n) is 15.2. The molecular weight excluding hydrogens is 350 g/mol. The summed E-state index contributed by atoms with van der Waals surface area (Å²) in [5.74, 6) is 0.882. The first-order valence-electron chi connectivity index (χ1n) is 8.71. The van der Waals surface area contributed by atoms with E-state index in [1.54, 1.807) is 6.20 Å². The van der Waals surface area contributed by atoms with Crippen LogP contribution in [0.4, 0.5) is 4.79 Å². The van der Waals surface area contributed by atoms with Crippen LogP contribution in [0.2, 0.25) is 0 Å². The van der Waals surface area contributed by atoms with Crippen molar-refractivity contribution in [3.63, 3.8) is 0 Å². The molecule has 0 atom stereocenters. The van der Waals surface area contributed by atoms with Gasteiger partial charge in [-0.2, -0.15) is 0 Å². The third kappa shape index (κ3) is 4.74. The van der Waals surface area contributed by atoms with Crippen LogP contribution >= 0.6 is 11.3 Å². The van der Waals surface area contributed by atoms with Crippen LogP contribution in [-0.4, -0.2) is 43.2 Å². The molecule has 1 aromatic carbocycles. The monoisotopic (exact) mass is 375 g/mol. The Morgan fingerprint density at radius 3 is 2.62 bits per heavy atom. The number of ether oxygens (including phenoxy) is 2. The quantitative estimate of drug-likeness (QED) is 0.764. The number of thiazole rings is 1. The Hall–Kier alpha value is -2.12. The van der Waals surface area contributed by atoms with Crippen LogP contribution in [0.15, 0.2) is 30.5 Å². The van der Waals surface area contributed by atoms with Crippen molar-refractivity contribution in [2.75, 3.05) is 27.2 Å². The van der Waals surface area contributed by atoms with Gasteiger partial charge in [-0.1, -0.05) is 6.42 Å². The molecule has 0 bridgehead atoms. The standard InChI is InChI=1S/C19H25N3O3S/c1-22(2)12-19(8-3-9-19)13-25-15-6-4-14(5-7-15)17-21-10-16(26-17)11-24-18(20)23/h4-7,10H,3,8-9,11-13H2,1-2H3,(H2,20,23). The van der Waals surface area contributed by atoms with E-state index in [9.17, 15) is 4.79 Å². The molecule has 0 spiro atoms. The molecule has 3 rings (SSSR count). The summed E-state index contributed by atoms with van der Waals surface area (Å²) in [5.41, 5.74) is 6.29. The fraction of sp³-hybridized carbons (Fsp3) is 0.474. The van der Waals surface area contributed by atoms with E-state index in [0.29, 0.717) is 5.41 Å². The van der Waals surface area contributed by atoms with Crippen molar-refractivity contribution in [3.8, 4) is 16.3 Å². The Morgan fingerprint density at radius 2 is 2.04 bits per heavy atom. The maximum absolute atomic E-state index is 10.7. The second-order valence-electron chi connectivity index (χ2n) is 7.14. The molecule has 2 N–H and O–H groups in total. The average molecular weight is 375 g/mol. The van der Waals surface area contributed by atoms with E-state index in [-0.39, 0.29) is 6.61 Å². The van der Waals surface area contributed by atoms with Crippen LogP contribution in [-0.2, 0) is 11.3 Å². The van der Waals surface area contributed by atoms with Gasteiger partial charge in [-0.3, -0.25) is 0 Å². The maximum atomic E-state index is 10.7. The van der Waals surface area contributed by atoms with Gasteiger partial charge in [0.25, 0.3) is 0 Å². The van der Waals surface area contributed by atoms with Crippen LogP contribution in [0.3, 0.4) is 0 Å². The molecule has 1 aliphatic carbocycles. The molecule has 0 aliphatic heterocycles. The fourth-order valence-electron chi connectivity index (χ4n) is 3.28. The van der Waals surface area contributed by atoms with Gasteiger partial charge in [0.05, 0.1) is 11.5 Å². The van der Waals surface area contributed by atoms with Crippen molar-refractivity contribution in [1.82, 2.24) is 9.88 Å². The number of carbonyl (C=O) groups is 1. The molecule has 1 aliphatic rings. The van der Waals surface area contributed by atoms with Crippen molar-refractivity contribution < 1.29 is 14.3 Å². The minimum atomic E-state index is -0.778. The van der Waals surface area contributed by atoms with E-state index in [1.165, 1.54) is 30.6 Å². The molecule has 1 saturated carbocycles. The van der Waals surface area contributed by atoms with Gasteiger partial charge in [-0.15, -0.1) is 11.3 Å². The lowest BCUT2D eigenvalue weighted by Gasteiger charge is -2.43. The minimum Gasteiger partial charge on any atom is -0.493 e. The highest BCUT2D eigenvalue weighted by Crippen LogP contribution is 2.41. The van der Waals surface area contributed by atoms with Crippen LogP contribution in [0.5, 0.6) is 5.75 Å². The number of benzene rings is 1. The summed E-state index contributed by atoms with van der Waals surface area (Å²) < 4.78 is 10.8. The van der Waals surface area contributed by atoms with Gasteiger partial charge in [0, 0.05) is 23.7 Å². The number of nitrogens with two attached hydrogens (primary N) is 1. The maximum Gasteiger partial charge on any atom is 0.404 e. The molecule has 7 heteroatoms. The number of primary amides is 1. The van der Waals surface area contributed by atoms with Gasteiger partial charge in [0.15, 0.2) is 0 Å². The number of amides is 1. The molecule has 2 aromatic rings. The first-order chi connectivity index (χ1) is 12.5. The average Bonchev–Trinajstić information content (AvgIpc) is 3.04. The molecule has 0 saturated heterocycles. The number of nitrogens with zero attached hydrogens (tertiary/aromatic N) is 2. The number of aromatic nitrogens is 1. The molecule has 26 heavy (non-hydrogen) atoms. The predicted octanol–water partition coefficient (Wildman–Crippen LogP) is 3.52. The summed E-state index contributed by atoms with van der Waals surface area (Å²) in [4.78, 5) is 18.1. The Balaban J connectivity index is 1.57. The Kier molecular flexibility index (Phi) is 5.78. The third-order valence-electron chi connectivity index (χ3n) is 4.62. The second-order valence-corrected chi connectivity index (χ2v) is 8.26. The van der Waals surface area contributed by atoms with E-state index >= 15 is 0 Å². The van der Waals surface area contributed by atoms with Crippen molar-refractivity contribution in [2.45, 2.75) is 25.9 Å². The van der Waals surface area contributed by atoms with Gasteiger partial charge in [-0.05, 0) is 51.2 Å². The first kappa shape index (κ1) is 18.7. The van der Waals surface area contributed by atoms with E-state index in [1.807, 2.05) is 24.3 Å². The van der Waals surface area contributed by atoms with Crippen molar-refractivity contribution in [3.05, 3.63) is 35.3 Å². The van der Waals surface area contributed by atoms with Crippen LogP contribution < -0.4 is 10.5 Å². The Labute approximate surface area is 157 Å². The van der Waals surface area contributed by atoms with Crippen molar-refractivity contribution >= 4 is 17.4 Å². The smallest absolute Gasteiger partial charge is 0.404 e. The lowest BCUT2D eigenvalue weighted by molar-refractivity contribution is 0.0315. The van der Waals surface area contributed by atoms with Gasteiger partial charge in [0.2, 0.25) is 0 Å². The van der Waals surface area contributed by atoms with Gasteiger partial charge in [-0.25, -0.2) is 9.78 Å². The molecule has 1 aromatic heterocycles. The number of hydrogen-bond donors (Lipinski definition) is 1. The predicted molar refractivity (Wildman–Crippen MR) is 102 cm³/mol. The zero-order valence-corrected chi connectivity index (χ0v) is 16.1. The van der Waals surface area contributed by atoms with E-state index < -0.39 is 6.09 Å². The molecule has 1 fully saturated rings. The molecular formula is C19H25N3O3S. The summed E-state index contributed by atoms with van der Waals surface area (Å²) in [7, 11) is 4.23. The molecule has 0 unspecified atom stereocenters. The highest BCUT2D eigenvalue weighted by molar-refractivity contribution is 7.15. The summed E-state index contributed by atoms with van der Waals surface area (Å²) in [5, 5.41) is 0.877. The summed E-state index contributed by atoms with van der Waals surface area (Å²) in [6.45, 7) is 1.99.